The zero-order valence-corrected chi connectivity index (χ0v) is 35.5. The maximum Gasteiger partial charge on any atom is 0.329 e. The number of hydrogen-bond donors (Lipinski definition) is 1. The van der Waals surface area contributed by atoms with E-state index in [1.165, 1.54) is 4.90 Å². The number of fused-ring (bicyclic) bond motifs is 3. The van der Waals surface area contributed by atoms with Crippen molar-refractivity contribution < 1.29 is 48.0 Å². The second-order valence-electron chi connectivity index (χ2n) is 17.1. The van der Waals surface area contributed by atoms with Crippen LogP contribution in [0.1, 0.15) is 125 Å². The molecule has 4 aliphatic rings. The number of alkyl halides is 1. The summed E-state index contributed by atoms with van der Waals surface area (Å²) in [6.07, 6.45) is 9.02. The summed E-state index contributed by atoms with van der Waals surface area (Å²) in [5.41, 5.74) is 1.85. The lowest BCUT2D eigenvalue weighted by Crippen LogP contribution is -2.64. The number of esters is 1. The molecular formula is C43H68ClNO10. The minimum atomic E-state index is -2.46. The Hall–Kier alpha value is -2.15. The lowest BCUT2D eigenvalue weighted by Gasteiger charge is -2.47. The van der Waals surface area contributed by atoms with Gasteiger partial charge in [0, 0.05) is 46.1 Å². The number of methoxy groups -OCH3 is 3. The lowest BCUT2D eigenvalue weighted by atomic mass is 9.82. The molecule has 0 aromatic rings. The van der Waals surface area contributed by atoms with Crippen LogP contribution in [0.4, 0.5) is 0 Å². The van der Waals surface area contributed by atoms with Gasteiger partial charge in [-0.3, -0.25) is 14.4 Å². The highest BCUT2D eigenvalue weighted by atomic mass is 35.5. The van der Waals surface area contributed by atoms with Crippen LogP contribution in [0, 0.1) is 23.7 Å². The number of amides is 1. The molecule has 12 unspecified atom stereocenters. The van der Waals surface area contributed by atoms with Gasteiger partial charge in [0.2, 0.25) is 5.79 Å². The van der Waals surface area contributed by atoms with Crippen LogP contribution in [0.5, 0.6) is 0 Å². The highest BCUT2D eigenvalue weighted by molar-refractivity contribution is 6.39. The maximum atomic E-state index is 14.3. The fourth-order valence-electron chi connectivity index (χ4n) is 9.41. The highest BCUT2D eigenvalue weighted by Gasteiger charge is 2.56. The van der Waals surface area contributed by atoms with E-state index < -0.39 is 64.7 Å². The minimum absolute atomic E-state index is 0.0162. The predicted octanol–water partition coefficient (Wildman–Crippen LogP) is 6.89. The largest absolute Gasteiger partial charge is 0.456 e. The molecule has 4 rings (SSSR count). The molecular weight excluding hydrogens is 726 g/mol. The third-order valence-electron chi connectivity index (χ3n) is 12.7. The second kappa shape index (κ2) is 20.0. The first-order valence-electron chi connectivity index (χ1n) is 20.6. The summed E-state index contributed by atoms with van der Waals surface area (Å²) < 4.78 is 30.0. The predicted molar refractivity (Wildman–Crippen MR) is 210 cm³/mol. The number of carbonyl (C=O) groups excluding carboxylic acids is 4. The van der Waals surface area contributed by atoms with Gasteiger partial charge in [-0.15, -0.1) is 11.6 Å². The van der Waals surface area contributed by atoms with Gasteiger partial charge in [-0.05, 0) is 108 Å². The molecule has 1 saturated carbocycles. The van der Waals surface area contributed by atoms with Gasteiger partial charge in [0.1, 0.15) is 24.0 Å². The van der Waals surface area contributed by atoms with Crippen molar-refractivity contribution in [2.75, 3.05) is 27.9 Å². The fourth-order valence-corrected chi connectivity index (χ4v) is 9.89. The Bertz CT molecular complexity index is 1420. The number of halogens is 1. The summed E-state index contributed by atoms with van der Waals surface area (Å²) in [7, 11) is 4.80. The van der Waals surface area contributed by atoms with Crippen molar-refractivity contribution in [3.8, 4) is 0 Å². The van der Waals surface area contributed by atoms with E-state index in [0.717, 1.165) is 30.4 Å². The van der Waals surface area contributed by atoms with Gasteiger partial charge in [-0.2, -0.15) is 0 Å². The van der Waals surface area contributed by atoms with Crippen LogP contribution in [-0.4, -0.2) is 109 Å². The van der Waals surface area contributed by atoms with Crippen molar-refractivity contribution in [2.24, 2.45) is 23.7 Å². The van der Waals surface area contributed by atoms with Crippen molar-refractivity contribution in [3.63, 3.8) is 0 Å². The Balaban J connectivity index is 1.75. The molecule has 1 aliphatic carbocycles. The van der Waals surface area contributed by atoms with E-state index in [-0.39, 0.29) is 42.6 Å². The first kappa shape index (κ1) is 45.6. The number of ether oxygens (including phenoxy) is 5. The number of hydrogen-bond acceptors (Lipinski definition) is 10. The zero-order chi connectivity index (χ0) is 40.7. The third-order valence-corrected chi connectivity index (χ3v) is 13.1. The quantitative estimate of drug-likeness (QED) is 0.131. The van der Waals surface area contributed by atoms with Gasteiger partial charge in [-0.1, -0.05) is 45.4 Å². The molecule has 2 bridgehead atoms. The van der Waals surface area contributed by atoms with E-state index in [4.69, 9.17) is 35.3 Å². The van der Waals surface area contributed by atoms with Crippen molar-refractivity contribution >= 4 is 35.0 Å². The van der Waals surface area contributed by atoms with Gasteiger partial charge in [0.05, 0.1) is 23.2 Å². The van der Waals surface area contributed by atoms with Crippen molar-refractivity contribution in [1.82, 2.24) is 4.90 Å². The van der Waals surface area contributed by atoms with Crippen LogP contribution >= 0.6 is 11.6 Å². The number of piperidine rings is 1. The summed E-state index contributed by atoms with van der Waals surface area (Å²) in [6, 6.07) is -1.05. The average Bonchev–Trinajstić information content (AvgIpc) is 3.16. The summed E-state index contributed by atoms with van der Waals surface area (Å²) in [5, 5.41) is 12.0. The molecule has 12 heteroatoms. The Morgan fingerprint density at radius 3 is 2.35 bits per heavy atom. The summed E-state index contributed by atoms with van der Waals surface area (Å²) >= 11 is 7.20. The van der Waals surface area contributed by atoms with Gasteiger partial charge >= 0.3 is 5.97 Å². The summed E-state index contributed by atoms with van der Waals surface area (Å²) in [6.45, 7) is 11.8. The molecule has 0 aromatic heterocycles. The number of allylic oxidation sites excluding steroid dienone is 3. The maximum absolute atomic E-state index is 14.3. The van der Waals surface area contributed by atoms with Crippen molar-refractivity contribution in [1.29, 1.82) is 0 Å². The molecule has 3 fully saturated rings. The minimum Gasteiger partial charge on any atom is -0.456 e. The highest BCUT2D eigenvalue weighted by Crippen LogP contribution is 2.41. The number of rotatable bonds is 6. The van der Waals surface area contributed by atoms with Crippen LogP contribution in [0.3, 0.4) is 0 Å². The van der Waals surface area contributed by atoms with Gasteiger partial charge in [0.25, 0.3) is 11.7 Å². The number of carbonyl (C=O) groups is 4. The van der Waals surface area contributed by atoms with E-state index in [1.807, 2.05) is 33.8 Å². The van der Waals surface area contributed by atoms with Crippen LogP contribution < -0.4 is 0 Å². The summed E-state index contributed by atoms with van der Waals surface area (Å²) in [4.78, 5) is 57.0. The van der Waals surface area contributed by atoms with Crippen LogP contribution in [0.25, 0.3) is 0 Å². The third kappa shape index (κ3) is 11.1. The van der Waals surface area contributed by atoms with E-state index >= 15 is 0 Å². The average molecular weight is 794 g/mol. The number of Topliss-reactive ketones (excluding diaryl/α,β-unsaturated/α-hetero) is 2. The van der Waals surface area contributed by atoms with Gasteiger partial charge in [-0.25, -0.2) is 4.79 Å². The molecule has 0 spiro atoms. The number of aliphatic hydroxyl groups is 1. The van der Waals surface area contributed by atoms with Crippen molar-refractivity contribution in [2.45, 2.75) is 172 Å². The first-order chi connectivity index (χ1) is 26.0. The SMILES string of the molecule is CCC1C=C(C)CC(C)CC(OC)C2OC(O)(C(=O)C(=O)N3CCCCC3C(=O)OC(C(C)=CC3(Cl)CCCC(OC)C3)C(C)CCC1=O)C(C)CC2OC. The van der Waals surface area contributed by atoms with E-state index in [9.17, 15) is 24.3 Å². The molecule has 55 heavy (non-hydrogen) atoms. The molecule has 2 saturated heterocycles. The number of ketones is 2. The molecule has 312 valence electrons. The number of nitrogens with zero attached hydrogens (tertiary/aromatic N) is 1. The molecule has 0 radical (unpaired) electrons. The standard InChI is InChI=1S/C43H68ClNO10/c1-10-31-21-26(2)20-27(3)22-35(52-8)38-36(53-9)23-30(6)43(50,55-38)39(47)40(48)45-19-12-11-15-33(45)41(49)54-37(28(4)16-17-34(31)46)29(5)24-42(44)18-13-14-32(25-42)51-7/h21,24,27-28,30-33,35-38,50H,10-20,22-23,25H2,1-9H3. The molecule has 3 heterocycles. The molecule has 1 N–H and O–H groups in total. The lowest BCUT2D eigenvalue weighted by molar-refractivity contribution is -0.302. The van der Waals surface area contributed by atoms with Gasteiger partial charge in [0.15, 0.2) is 0 Å². The first-order valence-corrected chi connectivity index (χ1v) is 21.0. The van der Waals surface area contributed by atoms with E-state index in [0.29, 0.717) is 57.8 Å². The molecule has 12 atom stereocenters. The Morgan fingerprint density at radius 2 is 1.69 bits per heavy atom. The smallest absolute Gasteiger partial charge is 0.329 e. The van der Waals surface area contributed by atoms with Gasteiger partial charge < -0.3 is 33.7 Å². The summed E-state index contributed by atoms with van der Waals surface area (Å²) in [5.74, 6) is -6.28. The van der Waals surface area contributed by atoms with E-state index in [2.05, 4.69) is 13.0 Å². The molecule has 1 amide bonds. The van der Waals surface area contributed by atoms with E-state index in [1.54, 1.807) is 28.3 Å². The second-order valence-corrected chi connectivity index (χ2v) is 17.8. The van der Waals surface area contributed by atoms with Crippen LogP contribution in [-0.2, 0) is 42.9 Å². The van der Waals surface area contributed by atoms with Crippen LogP contribution in [0.15, 0.2) is 23.3 Å². The fraction of sp³-hybridized carbons (Fsp3) is 0.814. The topological polar surface area (TPSA) is 138 Å². The Labute approximate surface area is 334 Å². The molecule has 0 aromatic carbocycles. The van der Waals surface area contributed by atoms with Crippen LogP contribution in [0.2, 0.25) is 0 Å². The Kier molecular flexibility index (Phi) is 16.6. The number of cyclic esters (lactones) is 1. The zero-order valence-electron chi connectivity index (χ0n) is 34.8. The molecule has 3 aliphatic heterocycles. The van der Waals surface area contributed by atoms with Crippen molar-refractivity contribution in [3.05, 3.63) is 23.3 Å². The Morgan fingerprint density at radius 1 is 1.00 bits per heavy atom. The monoisotopic (exact) mass is 793 g/mol. The molecule has 11 nitrogen and oxygen atoms in total. The normalized spacial score (nSPS) is 39.8.